The van der Waals surface area contributed by atoms with E-state index >= 15 is 8.78 Å². The minimum atomic E-state index is -3.24. The van der Waals surface area contributed by atoms with E-state index in [0.717, 1.165) is 72.3 Å². The Morgan fingerprint density at radius 2 is 1.52 bits per heavy atom. The second-order valence-electron chi connectivity index (χ2n) is 20.3. The van der Waals surface area contributed by atoms with Crippen molar-refractivity contribution in [1.82, 2.24) is 15.1 Å². The van der Waals surface area contributed by atoms with Crippen molar-refractivity contribution in [3.63, 3.8) is 0 Å². The monoisotopic (exact) mass is 885 g/mol. The van der Waals surface area contributed by atoms with Crippen LogP contribution in [0.25, 0.3) is 27.8 Å². The van der Waals surface area contributed by atoms with Crippen molar-refractivity contribution in [2.45, 2.75) is 116 Å². The molecule has 4 fully saturated rings. The first-order valence-electron chi connectivity index (χ1n) is 23.3. The van der Waals surface area contributed by atoms with Gasteiger partial charge in [0.15, 0.2) is 0 Å². The number of alkyl halides is 2. The lowest BCUT2D eigenvalue weighted by Gasteiger charge is -2.38. The van der Waals surface area contributed by atoms with E-state index in [2.05, 4.69) is 5.32 Å². The van der Waals surface area contributed by atoms with Gasteiger partial charge in [0.05, 0.1) is 44.3 Å². The van der Waals surface area contributed by atoms with E-state index < -0.39 is 24.0 Å². The van der Waals surface area contributed by atoms with Crippen molar-refractivity contribution in [1.29, 1.82) is 0 Å². The van der Waals surface area contributed by atoms with Gasteiger partial charge < -0.3 is 24.6 Å². The van der Waals surface area contributed by atoms with Gasteiger partial charge in [-0.05, 0) is 125 Å². The number of halogens is 2. The van der Waals surface area contributed by atoms with Crippen LogP contribution in [0.2, 0.25) is 0 Å². The molecule has 1 unspecified atom stereocenters. The number of piperidine rings is 1. The number of esters is 1. The Bertz CT molecular complexity index is 2610. The molecule has 2 bridgehead atoms. The largest absolute Gasteiger partial charge is 0.469 e. The number of hydrogen-bond donors (Lipinski definition) is 1. The summed E-state index contributed by atoms with van der Waals surface area (Å²) in [7, 11) is 2.63. The van der Waals surface area contributed by atoms with Gasteiger partial charge in [0, 0.05) is 54.2 Å². The van der Waals surface area contributed by atoms with E-state index in [-0.39, 0.29) is 70.7 Å². The summed E-state index contributed by atoms with van der Waals surface area (Å²) >= 11 is 0. The van der Waals surface area contributed by atoms with Crippen molar-refractivity contribution in [2.24, 2.45) is 39.1 Å². The highest BCUT2D eigenvalue weighted by Crippen LogP contribution is 2.56. The number of carbonyl (C=O) groups is 4. The summed E-state index contributed by atoms with van der Waals surface area (Å²) in [6, 6.07) is 15.6. The molecule has 2 saturated carbocycles. The molecule has 0 radical (unpaired) electrons. The SMILES string of the molecule is COC(=O)C[C@H](C(=O)N1[C@@H]2CC[C@@H](C2)[C@H]1C1=Nc2ccc(-c3ccc4c(c3)C(F)(F)c3cc(C5=CN=C(C6CC7(CC7)CN6C(=O)[C@@H](NC(=O)OC)C(C)C)C5)ccc3-4)cc2C1)C(C)C. The average Bonchev–Trinajstić information content (AvgIpc) is 3.95. The molecule has 2 saturated heterocycles. The molecule has 0 aromatic heterocycles. The zero-order valence-electron chi connectivity index (χ0n) is 38.0. The lowest BCUT2D eigenvalue weighted by molar-refractivity contribution is -0.149. The number of carbonyl (C=O) groups excluding carboxylic acids is 4. The molecule has 3 amide bonds. The Morgan fingerprint density at radius 3 is 2.20 bits per heavy atom. The van der Waals surface area contributed by atoms with Gasteiger partial charge >= 0.3 is 12.1 Å². The number of alkyl carbamates (subject to hydrolysis) is 1. The van der Waals surface area contributed by atoms with Gasteiger partial charge in [-0.3, -0.25) is 24.4 Å². The first-order chi connectivity index (χ1) is 31.1. The van der Waals surface area contributed by atoms with Gasteiger partial charge in [-0.25, -0.2) is 4.79 Å². The van der Waals surface area contributed by atoms with Crippen molar-refractivity contribution in [3.8, 4) is 22.3 Å². The normalized spacial score (nSPS) is 24.7. The maximum Gasteiger partial charge on any atom is 0.407 e. The van der Waals surface area contributed by atoms with E-state index in [9.17, 15) is 19.2 Å². The first-order valence-corrected chi connectivity index (χ1v) is 23.3. The van der Waals surface area contributed by atoms with Crippen LogP contribution in [0.1, 0.15) is 101 Å². The molecule has 4 heterocycles. The quantitative estimate of drug-likeness (QED) is 0.191. The number of nitrogens with zero attached hydrogens (tertiary/aromatic N) is 4. The third kappa shape index (κ3) is 7.37. The molecule has 1 N–H and O–H groups in total. The number of benzene rings is 3. The molecule has 7 aliphatic rings. The fourth-order valence-corrected chi connectivity index (χ4v) is 11.8. The smallest absolute Gasteiger partial charge is 0.407 e. The Balaban J connectivity index is 0.846. The van der Waals surface area contributed by atoms with E-state index in [1.807, 2.05) is 67.8 Å². The number of nitrogens with one attached hydrogen (secondary N) is 1. The molecule has 1 spiro atoms. The number of aliphatic imine (C=N–C) groups is 2. The Morgan fingerprint density at radius 1 is 0.831 bits per heavy atom. The second-order valence-corrected chi connectivity index (χ2v) is 20.3. The summed E-state index contributed by atoms with van der Waals surface area (Å²) < 4.78 is 43.2. The zero-order chi connectivity index (χ0) is 45.7. The molecule has 13 heteroatoms. The topological polar surface area (TPSA) is 130 Å². The maximum absolute atomic E-state index is 16.7. The highest BCUT2D eigenvalue weighted by atomic mass is 19.3. The summed E-state index contributed by atoms with van der Waals surface area (Å²) in [5.41, 5.74) is 7.63. The molecule has 4 aliphatic heterocycles. The minimum Gasteiger partial charge on any atom is -0.469 e. The van der Waals surface area contributed by atoms with Crippen LogP contribution in [0.3, 0.4) is 0 Å². The second kappa shape index (κ2) is 16.0. The maximum atomic E-state index is 16.7. The number of amides is 3. The van der Waals surface area contributed by atoms with Gasteiger partial charge in [-0.2, -0.15) is 8.78 Å². The number of allylic oxidation sites excluding steroid dienone is 1. The van der Waals surface area contributed by atoms with Gasteiger partial charge in [0.1, 0.15) is 6.04 Å². The van der Waals surface area contributed by atoms with Crippen molar-refractivity contribution >= 4 is 46.6 Å². The molecule has 10 rings (SSSR count). The standard InChI is InChI=1S/C52H57F2N5O6/c1-27(2)38(23-45(60)64-5)48(61)59-35-11-7-32(18-35)47(59)43-21-33-17-29(10-14-41(33)56-43)30-8-12-36-37-13-9-31(20-40(37)52(53,54)39(36)19-30)34-22-42(55-25-34)44-24-51(15-16-51)26-58(44)49(62)46(28(3)4)57-50(63)65-6/h8-10,12-14,17,19-20,25,27-28,32,35,38,44,46-47H,7,11,15-16,18,21-24,26H2,1-6H3,(H,57,63)/t32-,35+,38-,44?,46-,47-/m0/s1. The molecule has 3 aromatic carbocycles. The minimum absolute atomic E-state index is 0.00470. The van der Waals surface area contributed by atoms with Crippen LogP contribution in [0.15, 0.2) is 70.8 Å². The molecular weight excluding hydrogens is 829 g/mol. The highest BCUT2D eigenvalue weighted by molar-refractivity contribution is 6.05. The fraction of sp³-hybridized carbons (Fsp3) is 0.500. The van der Waals surface area contributed by atoms with E-state index in [1.165, 1.54) is 14.2 Å². The Hall–Kier alpha value is -5.72. The number of ether oxygens (including phenoxy) is 2. The summed E-state index contributed by atoms with van der Waals surface area (Å²) in [4.78, 5) is 66.5. The van der Waals surface area contributed by atoms with Gasteiger partial charge in [0.25, 0.3) is 5.92 Å². The number of hydrogen-bond acceptors (Lipinski definition) is 8. The van der Waals surface area contributed by atoms with Crippen LogP contribution in [-0.4, -0.2) is 90.0 Å². The van der Waals surface area contributed by atoms with Gasteiger partial charge in [-0.1, -0.05) is 58.0 Å². The van der Waals surface area contributed by atoms with Crippen molar-refractivity contribution in [2.75, 3.05) is 20.8 Å². The number of rotatable bonds is 11. The van der Waals surface area contributed by atoms with Gasteiger partial charge in [0.2, 0.25) is 11.8 Å². The molecule has 3 aliphatic carbocycles. The molecule has 3 aromatic rings. The van der Waals surface area contributed by atoms with Gasteiger partial charge in [-0.15, -0.1) is 0 Å². The summed E-state index contributed by atoms with van der Waals surface area (Å²) in [6.07, 6.45) is 7.93. The van der Waals surface area contributed by atoms with Crippen LogP contribution in [-0.2, 0) is 36.2 Å². The summed E-state index contributed by atoms with van der Waals surface area (Å²) in [5.74, 6) is -4.13. The highest BCUT2D eigenvalue weighted by Gasteiger charge is 2.56. The summed E-state index contributed by atoms with van der Waals surface area (Å²) in [6.45, 7) is 8.33. The molecular formula is C52H57F2N5O6. The average molecular weight is 886 g/mol. The van der Waals surface area contributed by atoms with Crippen LogP contribution >= 0.6 is 0 Å². The number of fused-ring (bicyclic) bond motifs is 6. The third-order valence-corrected chi connectivity index (χ3v) is 15.6. The third-order valence-electron chi connectivity index (χ3n) is 15.6. The van der Waals surface area contributed by atoms with Crippen LogP contribution in [0, 0.1) is 29.1 Å². The van der Waals surface area contributed by atoms with Crippen LogP contribution in [0.4, 0.5) is 19.3 Å². The zero-order valence-corrected chi connectivity index (χ0v) is 38.0. The lowest BCUT2D eigenvalue weighted by Crippen LogP contribution is -2.53. The fourth-order valence-electron chi connectivity index (χ4n) is 11.8. The number of methoxy groups -OCH3 is 2. The van der Waals surface area contributed by atoms with E-state index in [1.54, 1.807) is 30.5 Å². The Kier molecular flexibility index (Phi) is 10.6. The van der Waals surface area contributed by atoms with E-state index in [4.69, 9.17) is 19.5 Å². The molecule has 6 atom stereocenters. The van der Waals surface area contributed by atoms with Crippen molar-refractivity contribution < 1.29 is 37.4 Å². The molecule has 65 heavy (non-hydrogen) atoms. The van der Waals surface area contributed by atoms with Crippen molar-refractivity contribution in [3.05, 3.63) is 83.1 Å². The number of likely N-dealkylation sites (tertiary alicyclic amines) is 2. The first kappa shape index (κ1) is 43.2. The molecule has 340 valence electrons. The summed E-state index contributed by atoms with van der Waals surface area (Å²) in [5, 5.41) is 2.73. The molecule has 11 nitrogen and oxygen atoms in total. The Labute approximate surface area is 378 Å². The lowest BCUT2D eigenvalue weighted by atomic mass is 9.87. The van der Waals surface area contributed by atoms with Crippen LogP contribution < -0.4 is 5.32 Å². The van der Waals surface area contributed by atoms with Crippen LogP contribution in [0.5, 0.6) is 0 Å². The van der Waals surface area contributed by atoms with E-state index in [0.29, 0.717) is 47.6 Å². The predicted octanol–water partition coefficient (Wildman–Crippen LogP) is 9.26. The predicted molar refractivity (Wildman–Crippen MR) is 244 cm³/mol.